The summed E-state index contributed by atoms with van der Waals surface area (Å²) in [4.78, 5) is 13.3. The van der Waals surface area contributed by atoms with Gasteiger partial charge in [-0.2, -0.15) is 0 Å². The third kappa shape index (κ3) is 3.25. The summed E-state index contributed by atoms with van der Waals surface area (Å²) in [5.74, 6) is 0.781. The van der Waals surface area contributed by atoms with Crippen LogP contribution in [0, 0.1) is 0 Å². The minimum atomic E-state index is 0.366. The standard InChI is InChI=1S/C11H11NO2/c1-2-7-14-11-5-3-10(4-6-11)8-12-9-13/h2-6H,1,7-8H2. The summed E-state index contributed by atoms with van der Waals surface area (Å²) in [6.07, 6.45) is 3.18. The van der Waals surface area contributed by atoms with Crippen molar-refractivity contribution in [3.63, 3.8) is 0 Å². The summed E-state index contributed by atoms with van der Waals surface area (Å²) < 4.78 is 5.29. The molecule has 0 aliphatic carbocycles. The first kappa shape index (κ1) is 10.2. The molecule has 1 rings (SSSR count). The van der Waals surface area contributed by atoms with E-state index in [1.54, 1.807) is 6.08 Å². The molecule has 3 nitrogen and oxygen atoms in total. The molecule has 0 aliphatic rings. The van der Waals surface area contributed by atoms with Gasteiger partial charge in [-0.25, -0.2) is 9.79 Å². The number of aliphatic imine (C=N–C) groups is 1. The number of hydrogen-bond donors (Lipinski definition) is 0. The molecule has 14 heavy (non-hydrogen) atoms. The minimum Gasteiger partial charge on any atom is -0.490 e. The van der Waals surface area contributed by atoms with Crippen LogP contribution in [0.5, 0.6) is 5.75 Å². The predicted octanol–water partition coefficient (Wildman–Crippen LogP) is 2.09. The Kier molecular flexibility index (Phi) is 4.18. The molecule has 0 unspecified atom stereocenters. The number of nitrogens with zero attached hydrogens (tertiary/aromatic N) is 1. The largest absolute Gasteiger partial charge is 0.490 e. The lowest BCUT2D eigenvalue weighted by atomic mass is 10.2. The molecule has 1 aromatic carbocycles. The van der Waals surface area contributed by atoms with Gasteiger partial charge in [0.15, 0.2) is 0 Å². The molecule has 0 spiro atoms. The molecule has 0 fully saturated rings. The number of carbonyl (C=O) groups excluding carboxylic acids is 1. The number of rotatable bonds is 5. The topological polar surface area (TPSA) is 38.7 Å². The second-order valence-electron chi connectivity index (χ2n) is 2.65. The Bertz CT molecular complexity index is 337. The molecular formula is C11H11NO2. The van der Waals surface area contributed by atoms with Gasteiger partial charge in [0.1, 0.15) is 12.4 Å². The summed E-state index contributed by atoms with van der Waals surface area (Å²) in [7, 11) is 0. The van der Waals surface area contributed by atoms with Crippen molar-refractivity contribution in [3.8, 4) is 5.75 Å². The van der Waals surface area contributed by atoms with E-state index in [4.69, 9.17) is 4.74 Å². The van der Waals surface area contributed by atoms with Gasteiger partial charge < -0.3 is 4.74 Å². The number of benzene rings is 1. The zero-order chi connectivity index (χ0) is 10.2. The van der Waals surface area contributed by atoms with Gasteiger partial charge in [-0.3, -0.25) is 0 Å². The number of hydrogen-bond acceptors (Lipinski definition) is 3. The predicted molar refractivity (Wildman–Crippen MR) is 54.0 cm³/mol. The van der Waals surface area contributed by atoms with Crippen LogP contribution in [0.2, 0.25) is 0 Å². The summed E-state index contributed by atoms with van der Waals surface area (Å²) in [6, 6.07) is 7.39. The Morgan fingerprint density at radius 1 is 1.43 bits per heavy atom. The van der Waals surface area contributed by atoms with Crippen molar-refractivity contribution in [2.45, 2.75) is 6.54 Å². The fourth-order valence-corrected chi connectivity index (χ4v) is 0.970. The first-order valence-corrected chi connectivity index (χ1v) is 4.23. The van der Waals surface area contributed by atoms with Crippen molar-refractivity contribution in [1.29, 1.82) is 0 Å². The highest BCUT2D eigenvalue weighted by Gasteiger charge is 1.93. The molecule has 0 amide bonds. The van der Waals surface area contributed by atoms with Crippen LogP contribution in [0.4, 0.5) is 0 Å². The second kappa shape index (κ2) is 5.73. The average Bonchev–Trinajstić information content (AvgIpc) is 2.25. The Morgan fingerprint density at radius 3 is 2.71 bits per heavy atom. The molecule has 0 radical (unpaired) electrons. The molecule has 1 aromatic rings. The quantitative estimate of drug-likeness (QED) is 0.404. The van der Waals surface area contributed by atoms with Crippen LogP contribution in [-0.4, -0.2) is 12.7 Å². The van der Waals surface area contributed by atoms with E-state index in [1.165, 1.54) is 6.08 Å². The zero-order valence-electron chi connectivity index (χ0n) is 7.77. The molecule has 0 bridgehead atoms. The molecule has 72 valence electrons. The third-order valence-electron chi connectivity index (χ3n) is 1.62. The normalized spacial score (nSPS) is 8.86. The van der Waals surface area contributed by atoms with Crippen LogP contribution in [0.25, 0.3) is 0 Å². The molecular weight excluding hydrogens is 178 g/mol. The Morgan fingerprint density at radius 2 is 2.14 bits per heavy atom. The van der Waals surface area contributed by atoms with Gasteiger partial charge in [-0.15, -0.1) is 0 Å². The molecule has 0 aromatic heterocycles. The fraction of sp³-hybridized carbons (Fsp3) is 0.182. The van der Waals surface area contributed by atoms with E-state index in [-0.39, 0.29) is 0 Å². The molecule has 0 N–H and O–H groups in total. The maximum atomic E-state index is 9.86. The molecule has 3 heteroatoms. The first-order valence-electron chi connectivity index (χ1n) is 4.23. The minimum absolute atomic E-state index is 0.366. The van der Waals surface area contributed by atoms with Gasteiger partial charge in [0.25, 0.3) is 0 Å². The zero-order valence-corrected chi connectivity index (χ0v) is 7.77. The van der Waals surface area contributed by atoms with Crippen molar-refractivity contribution >= 4 is 6.08 Å². The van der Waals surface area contributed by atoms with Gasteiger partial charge in [-0.05, 0) is 17.7 Å². The average molecular weight is 189 g/mol. The van der Waals surface area contributed by atoms with Crippen LogP contribution in [0.1, 0.15) is 5.56 Å². The third-order valence-corrected chi connectivity index (χ3v) is 1.62. The highest BCUT2D eigenvalue weighted by atomic mass is 16.5. The highest BCUT2D eigenvalue weighted by molar-refractivity contribution is 5.34. The van der Waals surface area contributed by atoms with Gasteiger partial charge in [0.2, 0.25) is 6.08 Å². The van der Waals surface area contributed by atoms with Gasteiger partial charge in [0.05, 0.1) is 6.54 Å². The lowest BCUT2D eigenvalue weighted by molar-refractivity contribution is 0.363. The summed E-state index contributed by atoms with van der Waals surface area (Å²) in [5.41, 5.74) is 0.958. The lowest BCUT2D eigenvalue weighted by Gasteiger charge is -2.02. The Balaban J connectivity index is 2.58. The van der Waals surface area contributed by atoms with Crippen molar-refractivity contribution < 1.29 is 9.53 Å². The van der Waals surface area contributed by atoms with Crippen molar-refractivity contribution in [2.75, 3.05) is 6.61 Å². The van der Waals surface area contributed by atoms with Gasteiger partial charge in [0, 0.05) is 0 Å². The molecule has 0 saturated carbocycles. The Labute approximate surface area is 82.7 Å². The highest BCUT2D eigenvalue weighted by Crippen LogP contribution is 2.12. The van der Waals surface area contributed by atoms with E-state index in [1.807, 2.05) is 24.3 Å². The summed E-state index contributed by atoms with van der Waals surface area (Å²) in [6.45, 7) is 4.41. The molecule has 0 saturated heterocycles. The van der Waals surface area contributed by atoms with Crippen LogP contribution >= 0.6 is 0 Å². The van der Waals surface area contributed by atoms with Gasteiger partial charge >= 0.3 is 0 Å². The van der Waals surface area contributed by atoms with Crippen molar-refractivity contribution in [1.82, 2.24) is 0 Å². The number of ether oxygens (including phenoxy) is 1. The van der Waals surface area contributed by atoms with Crippen LogP contribution in [0.15, 0.2) is 41.9 Å². The van der Waals surface area contributed by atoms with E-state index in [2.05, 4.69) is 11.6 Å². The second-order valence-corrected chi connectivity index (χ2v) is 2.65. The summed E-state index contributed by atoms with van der Waals surface area (Å²) in [5, 5.41) is 0. The monoisotopic (exact) mass is 189 g/mol. The molecule has 0 aliphatic heterocycles. The Hall–Kier alpha value is -1.86. The van der Waals surface area contributed by atoms with Crippen LogP contribution in [0.3, 0.4) is 0 Å². The first-order chi connectivity index (χ1) is 6.86. The van der Waals surface area contributed by atoms with E-state index in [0.717, 1.165) is 11.3 Å². The smallest absolute Gasteiger partial charge is 0.235 e. The van der Waals surface area contributed by atoms with Crippen molar-refractivity contribution in [3.05, 3.63) is 42.5 Å². The fourth-order valence-electron chi connectivity index (χ4n) is 0.970. The van der Waals surface area contributed by atoms with E-state index in [0.29, 0.717) is 13.2 Å². The lowest BCUT2D eigenvalue weighted by Crippen LogP contribution is -1.92. The van der Waals surface area contributed by atoms with Crippen molar-refractivity contribution in [2.24, 2.45) is 4.99 Å². The molecule has 0 atom stereocenters. The SMILES string of the molecule is C=CCOc1ccc(CN=C=O)cc1. The van der Waals surface area contributed by atoms with Crippen LogP contribution < -0.4 is 4.74 Å². The van der Waals surface area contributed by atoms with E-state index >= 15 is 0 Å². The van der Waals surface area contributed by atoms with Gasteiger partial charge in [-0.1, -0.05) is 24.8 Å². The maximum absolute atomic E-state index is 9.86. The summed E-state index contributed by atoms with van der Waals surface area (Å²) >= 11 is 0. The maximum Gasteiger partial charge on any atom is 0.235 e. The number of isocyanates is 1. The molecule has 0 heterocycles. The van der Waals surface area contributed by atoms with Crippen LogP contribution in [-0.2, 0) is 11.3 Å². The van der Waals surface area contributed by atoms with E-state index < -0.39 is 0 Å². The van der Waals surface area contributed by atoms with E-state index in [9.17, 15) is 4.79 Å².